The highest BCUT2D eigenvalue weighted by atomic mass is 127. The summed E-state index contributed by atoms with van der Waals surface area (Å²) in [7, 11) is 0. The molecule has 1 N–H and O–H groups in total. The maximum Gasteiger partial charge on any atom is 0.314 e. The second kappa shape index (κ2) is 6.98. The van der Waals surface area contributed by atoms with E-state index in [1.165, 1.54) is 19.3 Å². The van der Waals surface area contributed by atoms with Gasteiger partial charge < -0.3 is 9.84 Å². The molecule has 0 unspecified atom stereocenters. The zero-order valence-electron chi connectivity index (χ0n) is 12.7. The minimum atomic E-state index is 0.406. The second-order valence-corrected chi connectivity index (χ2v) is 8.82. The molecule has 22 heavy (non-hydrogen) atoms. The van der Waals surface area contributed by atoms with E-state index >= 15 is 0 Å². The number of phenols is 1. The van der Waals surface area contributed by atoms with Gasteiger partial charge in [-0.05, 0) is 53.6 Å². The Bertz CT molecular complexity index is 756. The summed E-state index contributed by atoms with van der Waals surface area (Å²) in [6.07, 6.45) is 0.991. The molecule has 1 aliphatic rings. The number of aryl methyl sites for hydroxylation is 2. The van der Waals surface area contributed by atoms with Crippen LogP contribution < -0.4 is 8.56 Å². The summed E-state index contributed by atoms with van der Waals surface area (Å²) in [6, 6.07) is 4.11. The van der Waals surface area contributed by atoms with Crippen molar-refractivity contribution in [3.63, 3.8) is 0 Å². The van der Waals surface area contributed by atoms with Crippen LogP contribution in [0.2, 0.25) is 0 Å². The first-order chi connectivity index (χ1) is 10.6. The van der Waals surface area contributed by atoms with Gasteiger partial charge in [0.25, 0.3) is 0 Å². The van der Waals surface area contributed by atoms with Gasteiger partial charge in [0.05, 0.1) is 8.45 Å². The Morgan fingerprint density at radius 1 is 1.27 bits per heavy atom. The molecule has 0 spiro atoms. The van der Waals surface area contributed by atoms with E-state index in [2.05, 4.69) is 47.1 Å². The molecule has 2 heterocycles. The zero-order valence-corrected chi connectivity index (χ0v) is 16.5. The monoisotopic (exact) mass is 448 g/mol. The molecular weight excluding hydrogens is 429 g/mol. The van der Waals surface area contributed by atoms with E-state index in [1.54, 1.807) is 11.3 Å². The van der Waals surface area contributed by atoms with Crippen LogP contribution in [0.1, 0.15) is 17.4 Å². The van der Waals surface area contributed by atoms with Crippen LogP contribution in [0, 0.1) is 10.5 Å². The minimum Gasteiger partial charge on any atom is -0.506 e. The van der Waals surface area contributed by atoms with Gasteiger partial charge in [0, 0.05) is 10.4 Å². The summed E-state index contributed by atoms with van der Waals surface area (Å²) in [4.78, 5) is 2.57. The average molecular weight is 448 g/mol. The van der Waals surface area contributed by atoms with E-state index in [0.29, 0.717) is 5.75 Å². The van der Waals surface area contributed by atoms with Crippen molar-refractivity contribution in [2.75, 3.05) is 26.3 Å². The van der Waals surface area contributed by atoms with E-state index in [9.17, 15) is 5.11 Å². The molecule has 0 radical (unpaired) electrons. The topological polar surface area (TPSA) is 32.5 Å². The molecule has 1 aromatic carbocycles. The van der Waals surface area contributed by atoms with Crippen molar-refractivity contribution in [2.24, 2.45) is 0 Å². The summed E-state index contributed by atoms with van der Waals surface area (Å²) < 4.78 is 10.1. The number of phenolic OH excluding ortho intramolecular Hbond substituents is 1. The molecule has 0 atom stereocenters. The van der Waals surface area contributed by atoms with Crippen molar-refractivity contribution in [2.45, 2.75) is 20.3 Å². The van der Waals surface area contributed by atoms with Crippen LogP contribution >= 0.6 is 45.3 Å². The largest absolute Gasteiger partial charge is 0.506 e. The smallest absolute Gasteiger partial charge is 0.314 e. The van der Waals surface area contributed by atoms with Crippen LogP contribution in [0.5, 0.6) is 5.75 Å². The van der Waals surface area contributed by atoms with Crippen LogP contribution in [0.3, 0.4) is 0 Å². The molecular formula is C16H19INO2S2+. The Morgan fingerprint density at radius 3 is 2.68 bits per heavy atom. The Hall–Kier alpha value is -0.440. The molecule has 1 aromatic heterocycles. The quantitative estimate of drug-likeness (QED) is 0.564. The number of halogens is 1. The molecule has 118 valence electrons. The predicted octanol–water partition coefficient (Wildman–Crippen LogP) is 3.46. The number of ether oxygens (including phenoxy) is 1. The fourth-order valence-electron chi connectivity index (χ4n) is 2.54. The number of rotatable bonds is 2. The molecule has 2 aromatic rings. The van der Waals surface area contributed by atoms with E-state index in [4.69, 9.17) is 4.74 Å². The van der Waals surface area contributed by atoms with Gasteiger partial charge >= 0.3 is 3.98 Å². The van der Waals surface area contributed by atoms with Gasteiger partial charge in [0.2, 0.25) is 0 Å². The Labute approximate surface area is 152 Å². The van der Waals surface area contributed by atoms with Crippen LogP contribution in [0.25, 0.3) is 10.4 Å². The highest BCUT2D eigenvalue weighted by Gasteiger charge is 2.20. The van der Waals surface area contributed by atoms with E-state index in [1.807, 2.05) is 17.4 Å². The first-order valence-electron chi connectivity index (χ1n) is 7.38. The zero-order chi connectivity index (χ0) is 15.7. The normalized spacial score (nSPS) is 15.3. The van der Waals surface area contributed by atoms with Crippen LogP contribution in [0.4, 0.5) is 0 Å². The number of aromatic hydroxyl groups is 1. The number of nitrogens with zero attached hydrogens (tertiary/aromatic N) is 1. The molecule has 1 saturated heterocycles. The van der Waals surface area contributed by atoms with Crippen molar-refractivity contribution < 1.29 is 9.84 Å². The van der Waals surface area contributed by atoms with Crippen LogP contribution in [0.15, 0.2) is 12.1 Å². The minimum absolute atomic E-state index is 0.406. The Balaban J connectivity index is 2.17. The third-order valence-electron chi connectivity index (χ3n) is 3.70. The summed E-state index contributed by atoms with van der Waals surface area (Å²) in [5, 5.41) is 10.5. The molecule has 1 aliphatic heterocycles. The van der Waals surface area contributed by atoms with Crippen LogP contribution in [-0.4, -0.2) is 31.4 Å². The third-order valence-corrected chi connectivity index (χ3v) is 7.42. The number of hydrogen-bond donors (Lipinski definition) is 1. The Kier molecular flexibility index (Phi) is 5.21. The average Bonchev–Trinajstić information content (AvgIpc) is 2.96. The van der Waals surface area contributed by atoms with Crippen molar-refractivity contribution in [3.05, 3.63) is 30.1 Å². The van der Waals surface area contributed by atoms with Crippen molar-refractivity contribution in [3.8, 4) is 16.2 Å². The SMILES string of the molecule is CCc1sc(=[N+]2CCOCC2)sc1-c1cc(C)cc(I)c1O. The lowest BCUT2D eigenvalue weighted by atomic mass is 10.1. The first kappa shape index (κ1) is 16.4. The molecule has 3 nitrogen and oxygen atoms in total. The number of benzene rings is 1. The molecule has 0 amide bonds. The Morgan fingerprint density at radius 2 is 2.00 bits per heavy atom. The van der Waals surface area contributed by atoms with Gasteiger partial charge in [-0.3, -0.25) is 0 Å². The first-order valence-corrected chi connectivity index (χ1v) is 10.1. The second-order valence-electron chi connectivity index (χ2n) is 5.32. The predicted molar refractivity (Wildman–Crippen MR) is 102 cm³/mol. The lowest BCUT2D eigenvalue weighted by Gasteiger charge is -2.09. The van der Waals surface area contributed by atoms with Crippen molar-refractivity contribution in [1.29, 1.82) is 0 Å². The van der Waals surface area contributed by atoms with Gasteiger partial charge in [0.15, 0.2) is 13.1 Å². The highest BCUT2D eigenvalue weighted by molar-refractivity contribution is 14.1. The van der Waals surface area contributed by atoms with E-state index in [-0.39, 0.29) is 0 Å². The lowest BCUT2D eigenvalue weighted by molar-refractivity contribution is 0.0976. The van der Waals surface area contributed by atoms with Gasteiger partial charge in [-0.2, -0.15) is 0 Å². The van der Waals surface area contributed by atoms with Crippen molar-refractivity contribution >= 4 is 45.3 Å². The van der Waals surface area contributed by atoms with Gasteiger partial charge in [0.1, 0.15) is 19.0 Å². The molecule has 0 saturated carbocycles. The fourth-order valence-corrected chi connectivity index (χ4v) is 6.17. The lowest BCUT2D eigenvalue weighted by Crippen LogP contribution is -2.37. The summed E-state index contributed by atoms with van der Waals surface area (Å²) >= 11 is 5.86. The van der Waals surface area contributed by atoms with Crippen LogP contribution in [-0.2, 0) is 11.2 Å². The summed E-state index contributed by atoms with van der Waals surface area (Å²) in [5.74, 6) is 0.406. The maximum atomic E-state index is 10.5. The molecule has 0 aliphatic carbocycles. The maximum absolute atomic E-state index is 10.5. The standard InChI is InChI=1S/C16H18INO2S2/c1-3-13-15(11-8-10(2)9-12(17)14(11)19)22-16(21-13)18-4-6-20-7-5-18/h8-9H,3-7H2,1-2H3/p+1. The van der Waals surface area contributed by atoms with Gasteiger partial charge in [-0.1, -0.05) is 29.6 Å². The molecule has 1 fully saturated rings. The fraction of sp³-hybridized carbons (Fsp3) is 0.438. The summed E-state index contributed by atoms with van der Waals surface area (Å²) in [6.45, 7) is 7.78. The van der Waals surface area contributed by atoms with Crippen molar-refractivity contribution in [1.82, 2.24) is 4.58 Å². The molecule has 6 heteroatoms. The molecule has 0 bridgehead atoms. The van der Waals surface area contributed by atoms with Gasteiger partial charge in [-0.25, -0.2) is 4.58 Å². The highest BCUT2D eigenvalue weighted by Crippen LogP contribution is 2.39. The number of morpholine rings is 1. The number of hydrogen-bond acceptors (Lipinski definition) is 4. The van der Waals surface area contributed by atoms with E-state index in [0.717, 1.165) is 41.9 Å². The third kappa shape index (κ3) is 3.25. The van der Waals surface area contributed by atoms with Gasteiger partial charge in [-0.15, -0.1) is 0 Å². The van der Waals surface area contributed by atoms with E-state index < -0.39 is 0 Å². The molecule has 3 rings (SSSR count). The summed E-state index contributed by atoms with van der Waals surface area (Å²) in [5.41, 5.74) is 2.16.